The molecule has 0 bridgehead atoms. The summed E-state index contributed by atoms with van der Waals surface area (Å²) in [6.45, 7) is 3.08. The maximum absolute atomic E-state index is 13.2. The van der Waals surface area contributed by atoms with E-state index in [1.807, 2.05) is 6.92 Å². The van der Waals surface area contributed by atoms with Crippen LogP contribution in [0.2, 0.25) is 0 Å². The third kappa shape index (κ3) is 2.18. The molecule has 0 aromatic heterocycles. The minimum atomic E-state index is -0.329. The molecule has 1 heterocycles. The van der Waals surface area contributed by atoms with Crippen LogP contribution in [-0.2, 0) is 0 Å². The zero-order chi connectivity index (χ0) is 12.4. The summed E-state index contributed by atoms with van der Waals surface area (Å²) in [5.74, 6) is 0.264. The smallest absolute Gasteiger partial charge is 0.318 e. The highest BCUT2D eigenvalue weighted by molar-refractivity contribution is 5.77. The van der Waals surface area contributed by atoms with Crippen LogP contribution in [0, 0.1) is 5.82 Å². The summed E-state index contributed by atoms with van der Waals surface area (Å²) in [7, 11) is 1.53. The van der Waals surface area contributed by atoms with Crippen molar-refractivity contribution in [2.24, 2.45) is 0 Å². The number of nitrogens with zero attached hydrogens (tertiary/aromatic N) is 1. The van der Waals surface area contributed by atoms with Gasteiger partial charge in [0.05, 0.1) is 13.2 Å². The molecule has 0 aliphatic carbocycles. The van der Waals surface area contributed by atoms with Gasteiger partial charge in [0.2, 0.25) is 0 Å². The van der Waals surface area contributed by atoms with E-state index in [0.717, 1.165) is 0 Å². The molecule has 0 spiro atoms. The summed E-state index contributed by atoms with van der Waals surface area (Å²) >= 11 is 0. The fourth-order valence-electron chi connectivity index (χ4n) is 2.02. The number of ether oxygens (including phenoxy) is 1. The van der Waals surface area contributed by atoms with Crippen molar-refractivity contribution < 1.29 is 13.9 Å². The Morgan fingerprint density at radius 1 is 1.59 bits per heavy atom. The van der Waals surface area contributed by atoms with Crippen molar-refractivity contribution in [1.29, 1.82) is 0 Å². The van der Waals surface area contributed by atoms with Crippen LogP contribution in [0.4, 0.5) is 9.18 Å². The molecular formula is C12H15FN2O2. The monoisotopic (exact) mass is 238 g/mol. The van der Waals surface area contributed by atoms with Crippen LogP contribution in [0.5, 0.6) is 5.75 Å². The number of likely N-dealkylation sites (N-methyl/N-ethyl adjacent to an activating group) is 1. The van der Waals surface area contributed by atoms with Gasteiger partial charge in [0.15, 0.2) is 0 Å². The quantitative estimate of drug-likeness (QED) is 0.874. The SMILES string of the molecule is CCN1CC(c2cc(F)ccc2OC)NC1=O. The molecule has 0 saturated carbocycles. The number of halogens is 1. The third-order valence-electron chi connectivity index (χ3n) is 2.94. The van der Waals surface area contributed by atoms with Gasteiger partial charge in [-0.1, -0.05) is 0 Å². The molecule has 92 valence electrons. The number of urea groups is 1. The van der Waals surface area contributed by atoms with Gasteiger partial charge in [-0.15, -0.1) is 0 Å². The summed E-state index contributed by atoms with van der Waals surface area (Å²) in [4.78, 5) is 13.2. The van der Waals surface area contributed by atoms with Crippen LogP contribution in [-0.4, -0.2) is 31.1 Å². The van der Waals surface area contributed by atoms with Gasteiger partial charge in [-0.2, -0.15) is 0 Å². The average Bonchev–Trinajstić information content (AvgIpc) is 2.70. The summed E-state index contributed by atoms with van der Waals surface area (Å²) in [6.07, 6.45) is 0. The fraction of sp³-hybridized carbons (Fsp3) is 0.417. The predicted molar refractivity (Wildman–Crippen MR) is 61.5 cm³/mol. The molecule has 1 unspecified atom stereocenters. The second-order valence-electron chi connectivity index (χ2n) is 3.93. The summed E-state index contributed by atoms with van der Waals surface area (Å²) in [6, 6.07) is 3.99. The number of hydrogen-bond acceptors (Lipinski definition) is 2. The topological polar surface area (TPSA) is 41.6 Å². The molecule has 1 aliphatic rings. The average molecular weight is 238 g/mol. The Hall–Kier alpha value is -1.78. The Labute approximate surface area is 99.4 Å². The molecule has 1 N–H and O–H groups in total. The van der Waals surface area contributed by atoms with Crippen LogP contribution >= 0.6 is 0 Å². The highest BCUT2D eigenvalue weighted by Gasteiger charge is 2.30. The van der Waals surface area contributed by atoms with E-state index in [9.17, 15) is 9.18 Å². The van der Waals surface area contributed by atoms with Gasteiger partial charge in [-0.05, 0) is 25.1 Å². The fourth-order valence-corrected chi connectivity index (χ4v) is 2.02. The molecule has 2 amide bonds. The van der Waals surface area contributed by atoms with E-state index in [-0.39, 0.29) is 17.9 Å². The molecule has 1 fully saturated rings. The van der Waals surface area contributed by atoms with Gasteiger partial charge < -0.3 is 15.0 Å². The van der Waals surface area contributed by atoms with E-state index in [0.29, 0.717) is 24.4 Å². The molecule has 1 aromatic rings. The van der Waals surface area contributed by atoms with Crippen LogP contribution < -0.4 is 10.1 Å². The second kappa shape index (κ2) is 4.61. The van der Waals surface area contributed by atoms with E-state index in [1.165, 1.54) is 19.2 Å². The third-order valence-corrected chi connectivity index (χ3v) is 2.94. The number of carbonyl (C=O) groups excluding carboxylic acids is 1. The molecule has 4 nitrogen and oxygen atoms in total. The maximum atomic E-state index is 13.2. The standard InChI is InChI=1S/C12H15FN2O2/c1-3-15-7-10(14-12(15)16)9-6-8(13)4-5-11(9)17-2/h4-6,10H,3,7H2,1-2H3,(H,14,16). The molecule has 2 rings (SSSR count). The number of carbonyl (C=O) groups is 1. The first-order valence-electron chi connectivity index (χ1n) is 5.54. The Morgan fingerprint density at radius 3 is 2.94 bits per heavy atom. The van der Waals surface area contributed by atoms with E-state index < -0.39 is 0 Å². The van der Waals surface area contributed by atoms with Gasteiger partial charge in [0.1, 0.15) is 11.6 Å². The summed E-state index contributed by atoms with van der Waals surface area (Å²) < 4.78 is 18.4. The zero-order valence-corrected chi connectivity index (χ0v) is 9.87. The molecule has 5 heteroatoms. The van der Waals surface area contributed by atoms with Crippen LogP contribution in [0.3, 0.4) is 0 Å². The Morgan fingerprint density at radius 2 is 2.35 bits per heavy atom. The van der Waals surface area contributed by atoms with Crippen molar-refractivity contribution in [3.63, 3.8) is 0 Å². The number of amides is 2. The van der Waals surface area contributed by atoms with Crippen molar-refractivity contribution in [3.05, 3.63) is 29.6 Å². The molecule has 17 heavy (non-hydrogen) atoms. The molecule has 1 aromatic carbocycles. The Balaban J connectivity index is 2.29. The number of benzene rings is 1. The van der Waals surface area contributed by atoms with Crippen molar-refractivity contribution in [1.82, 2.24) is 10.2 Å². The highest BCUT2D eigenvalue weighted by Crippen LogP contribution is 2.29. The van der Waals surface area contributed by atoms with E-state index in [4.69, 9.17) is 4.74 Å². The van der Waals surface area contributed by atoms with E-state index in [1.54, 1.807) is 11.0 Å². The molecule has 1 aliphatic heterocycles. The van der Waals surface area contributed by atoms with Crippen molar-refractivity contribution in [2.45, 2.75) is 13.0 Å². The first kappa shape index (κ1) is 11.7. The van der Waals surface area contributed by atoms with Gasteiger partial charge in [-0.25, -0.2) is 9.18 Å². The van der Waals surface area contributed by atoms with Gasteiger partial charge in [0.25, 0.3) is 0 Å². The Kier molecular flexibility index (Phi) is 3.17. The minimum Gasteiger partial charge on any atom is -0.496 e. The molecule has 1 saturated heterocycles. The first-order chi connectivity index (χ1) is 8.15. The highest BCUT2D eigenvalue weighted by atomic mass is 19.1. The van der Waals surface area contributed by atoms with Crippen molar-refractivity contribution >= 4 is 6.03 Å². The second-order valence-corrected chi connectivity index (χ2v) is 3.93. The van der Waals surface area contributed by atoms with Crippen LogP contribution in [0.15, 0.2) is 18.2 Å². The van der Waals surface area contributed by atoms with Crippen LogP contribution in [0.1, 0.15) is 18.5 Å². The van der Waals surface area contributed by atoms with Gasteiger partial charge in [0, 0.05) is 18.7 Å². The first-order valence-corrected chi connectivity index (χ1v) is 5.54. The molecule has 0 radical (unpaired) electrons. The van der Waals surface area contributed by atoms with Gasteiger partial charge in [-0.3, -0.25) is 0 Å². The lowest BCUT2D eigenvalue weighted by atomic mass is 10.1. The Bertz CT molecular complexity index is 437. The predicted octanol–water partition coefficient (Wildman–Crippen LogP) is 1.92. The lowest BCUT2D eigenvalue weighted by Gasteiger charge is -2.14. The number of rotatable bonds is 3. The van der Waals surface area contributed by atoms with E-state index >= 15 is 0 Å². The van der Waals surface area contributed by atoms with Crippen LogP contribution in [0.25, 0.3) is 0 Å². The van der Waals surface area contributed by atoms with Crippen molar-refractivity contribution in [2.75, 3.05) is 20.2 Å². The largest absolute Gasteiger partial charge is 0.496 e. The number of nitrogens with one attached hydrogen (secondary N) is 1. The summed E-state index contributed by atoms with van der Waals surface area (Å²) in [5.41, 5.74) is 0.678. The molecular weight excluding hydrogens is 223 g/mol. The summed E-state index contributed by atoms with van der Waals surface area (Å²) in [5, 5.41) is 2.81. The lowest BCUT2D eigenvalue weighted by molar-refractivity contribution is 0.219. The minimum absolute atomic E-state index is 0.121. The zero-order valence-electron chi connectivity index (χ0n) is 9.87. The van der Waals surface area contributed by atoms with Gasteiger partial charge >= 0.3 is 6.03 Å². The number of methoxy groups -OCH3 is 1. The van der Waals surface area contributed by atoms with Crippen molar-refractivity contribution in [3.8, 4) is 5.75 Å². The molecule has 1 atom stereocenters. The van der Waals surface area contributed by atoms with E-state index in [2.05, 4.69) is 5.32 Å². The lowest BCUT2D eigenvalue weighted by Crippen LogP contribution is -2.27. The maximum Gasteiger partial charge on any atom is 0.318 e. The number of hydrogen-bond donors (Lipinski definition) is 1. The normalized spacial score (nSPS) is 19.4.